The second-order valence-corrected chi connectivity index (χ2v) is 3.50. The molecule has 0 unspecified atom stereocenters. The van der Waals surface area contributed by atoms with E-state index in [2.05, 4.69) is 4.98 Å². The number of halogens is 4. The Bertz CT molecular complexity index is 352. The van der Waals surface area contributed by atoms with Gasteiger partial charge in [0.05, 0.1) is 3.70 Å². The van der Waals surface area contributed by atoms with Crippen LogP contribution in [0.3, 0.4) is 0 Å². The maximum atomic E-state index is 12.2. The van der Waals surface area contributed by atoms with Gasteiger partial charge in [0, 0.05) is 5.56 Å². The Morgan fingerprint density at radius 1 is 1.58 bits per heavy atom. The Balaban J connectivity index is 3.33. The van der Waals surface area contributed by atoms with Crippen molar-refractivity contribution in [3.8, 4) is 0 Å². The van der Waals surface area contributed by atoms with E-state index >= 15 is 0 Å². The van der Waals surface area contributed by atoms with Crippen molar-refractivity contribution < 1.29 is 8.78 Å². The molecular formula is C6H3ClF2INO. The molecule has 0 saturated carbocycles. The summed E-state index contributed by atoms with van der Waals surface area (Å²) in [7, 11) is 0. The summed E-state index contributed by atoms with van der Waals surface area (Å²) in [5.74, 6) is 0. The van der Waals surface area contributed by atoms with E-state index in [4.69, 9.17) is 11.6 Å². The van der Waals surface area contributed by atoms with Crippen molar-refractivity contribution in [3.05, 3.63) is 30.7 Å². The van der Waals surface area contributed by atoms with Crippen LogP contribution in [0.5, 0.6) is 0 Å². The number of pyridine rings is 1. The number of aromatic amines is 1. The van der Waals surface area contributed by atoms with E-state index in [1.165, 1.54) is 0 Å². The molecular weight excluding hydrogens is 302 g/mol. The average Bonchev–Trinajstić information content (AvgIpc) is 1.96. The Morgan fingerprint density at radius 3 is 2.67 bits per heavy atom. The molecule has 0 bridgehead atoms. The van der Waals surface area contributed by atoms with Gasteiger partial charge in [-0.3, -0.25) is 4.79 Å². The summed E-state index contributed by atoms with van der Waals surface area (Å²) in [4.78, 5) is 13.0. The molecule has 0 amide bonds. The van der Waals surface area contributed by atoms with Crippen molar-refractivity contribution in [2.45, 2.75) is 6.43 Å². The number of rotatable bonds is 1. The van der Waals surface area contributed by atoms with E-state index in [-0.39, 0.29) is 14.3 Å². The predicted octanol–water partition coefficient (Wildman–Crippen LogP) is 2.57. The molecule has 1 aromatic rings. The zero-order chi connectivity index (χ0) is 9.30. The number of aromatic nitrogens is 1. The molecule has 2 nitrogen and oxygen atoms in total. The van der Waals surface area contributed by atoms with E-state index in [1.54, 1.807) is 22.6 Å². The third kappa shape index (κ3) is 1.95. The van der Waals surface area contributed by atoms with Gasteiger partial charge in [-0.2, -0.15) is 0 Å². The molecule has 1 rings (SSSR count). The predicted molar refractivity (Wildman–Crippen MR) is 49.7 cm³/mol. The summed E-state index contributed by atoms with van der Waals surface area (Å²) < 4.78 is 24.4. The molecule has 0 aliphatic heterocycles. The van der Waals surface area contributed by atoms with Crippen LogP contribution in [0.15, 0.2) is 10.9 Å². The number of hydrogen-bond acceptors (Lipinski definition) is 1. The van der Waals surface area contributed by atoms with Crippen molar-refractivity contribution in [2.75, 3.05) is 0 Å². The molecule has 0 atom stereocenters. The van der Waals surface area contributed by atoms with E-state index in [0.717, 1.165) is 6.07 Å². The summed E-state index contributed by atoms with van der Waals surface area (Å²) in [6, 6.07) is 0.979. The van der Waals surface area contributed by atoms with E-state index in [0.29, 0.717) is 0 Å². The van der Waals surface area contributed by atoms with Gasteiger partial charge in [-0.15, -0.1) is 0 Å². The molecule has 0 radical (unpaired) electrons. The number of hydrogen-bond donors (Lipinski definition) is 1. The summed E-state index contributed by atoms with van der Waals surface area (Å²) in [5, 5.41) is -0.217. The van der Waals surface area contributed by atoms with Crippen molar-refractivity contribution >= 4 is 34.2 Å². The lowest BCUT2D eigenvalue weighted by Gasteiger charge is -2.01. The molecule has 0 saturated heterocycles. The number of H-pyrrole nitrogens is 1. The number of alkyl halides is 2. The Hall–Kier alpha value is -0.170. The standard InChI is InChI=1S/C6H3ClF2INO/c7-3-1-2(4(8)9)5(10)11-6(3)12/h1,4H,(H,11,12). The van der Waals surface area contributed by atoms with Crippen LogP contribution in [0.2, 0.25) is 5.02 Å². The van der Waals surface area contributed by atoms with Gasteiger partial charge in [-0.1, -0.05) is 11.6 Å². The van der Waals surface area contributed by atoms with Gasteiger partial charge in [0.1, 0.15) is 5.02 Å². The average molecular weight is 305 g/mol. The second-order valence-electron chi connectivity index (χ2n) is 2.02. The first-order valence-corrected chi connectivity index (χ1v) is 4.34. The monoisotopic (exact) mass is 305 g/mol. The first-order valence-electron chi connectivity index (χ1n) is 2.88. The van der Waals surface area contributed by atoms with Crippen LogP contribution in [0.1, 0.15) is 12.0 Å². The van der Waals surface area contributed by atoms with E-state index in [9.17, 15) is 13.6 Å². The van der Waals surface area contributed by atoms with Crippen LogP contribution < -0.4 is 5.56 Å². The first kappa shape index (κ1) is 9.91. The van der Waals surface area contributed by atoms with Crippen LogP contribution in [-0.4, -0.2) is 4.98 Å². The third-order valence-electron chi connectivity index (χ3n) is 1.21. The topological polar surface area (TPSA) is 32.9 Å². The fourth-order valence-electron chi connectivity index (χ4n) is 0.656. The molecule has 0 aliphatic rings. The van der Waals surface area contributed by atoms with Crippen LogP contribution in [0, 0.1) is 3.70 Å². The minimum atomic E-state index is -2.62. The van der Waals surface area contributed by atoms with Crippen molar-refractivity contribution in [1.82, 2.24) is 4.98 Å². The molecule has 0 aromatic carbocycles. The van der Waals surface area contributed by atoms with Crippen molar-refractivity contribution in [1.29, 1.82) is 0 Å². The number of nitrogens with one attached hydrogen (secondary N) is 1. The highest BCUT2D eigenvalue weighted by Gasteiger charge is 2.13. The Kier molecular flexibility index (Phi) is 3.05. The lowest BCUT2D eigenvalue weighted by molar-refractivity contribution is 0.150. The fourth-order valence-corrected chi connectivity index (χ4v) is 1.46. The summed E-state index contributed by atoms with van der Waals surface area (Å²) in [5.41, 5.74) is -0.800. The van der Waals surface area contributed by atoms with Crippen molar-refractivity contribution in [2.24, 2.45) is 0 Å². The van der Waals surface area contributed by atoms with Gasteiger partial charge in [0.15, 0.2) is 0 Å². The van der Waals surface area contributed by atoms with Crippen LogP contribution in [0.4, 0.5) is 8.78 Å². The highest BCUT2D eigenvalue weighted by molar-refractivity contribution is 14.1. The molecule has 66 valence electrons. The smallest absolute Gasteiger partial charge is 0.267 e. The maximum Gasteiger partial charge on any atom is 0.267 e. The van der Waals surface area contributed by atoms with Gasteiger partial charge >= 0.3 is 0 Å². The quantitative estimate of drug-likeness (QED) is 0.628. The summed E-state index contributed by atoms with van der Waals surface area (Å²) in [6.07, 6.45) is -2.62. The second kappa shape index (κ2) is 3.69. The minimum absolute atomic E-state index is 0.122. The summed E-state index contributed by atoms with van der Waals surface area (Å²) in [6.45, 7) is 0. The van der Waals surface area contributed by atoms with Crippen LogP contribution in [-0.2, 0) is 0 Å². The molecule has 1 N–H and O–H groups in total. The fraction of sp³-hybridized carbons (Fsp3) is 0.167. The molecule has 0 spiro atoms. The minimum Gasteiger partial charge on any atom is -0.316 e. The van der Waals surface area contributed by atoms with Crippen LogP contribution in [0.25, 0.3) is 0 Å². The van der Waals surface area contributed by atoms with E-state index < -0.39 is 12.0 Å². The molecule has 0 aliphatic carbocycles. The van der Waals surface area contributed by atoms with Gasteiger partial charge in [0.2, 0.25) is 0 Å². The van der Waals surface area contributed by atoms with Gasteiger partial charge < -0.3 is 4.98 Å². The van der Waals surface area contributed by atoms with E-state index in [1.807, 2.05) is 0 Å². The molecule has 1 aromatic heterocycles. The first-order chi connectivity index (χ1) is 5.52. The lowest BCUT2D eigenvalue weighted by Crippen LogP contribution is -2.10. The Morgan fingerprint density at radius 2 is 2.17 bits per heavy atom. The molecule has 0 fully saturated rings. The summed E-state index contributed by atoms with van der Waals surface area (Å²) >= 11 is 6.97. The van der Waals surface area contributed by atoms with Gasteiger partial charge in [-0.25, -0.2) is 8.78 Å². The SMILES string of the molecule is O=c1[nH]c(I)c(C(F)F)cc1Cl. The largest absolute Gasteiger partial charge is 0.316 e. The zero-order valence-electron chi connectivity index (χ0n) is 5.57. The molecule has 1 heterocycles. The van der Waals surface area contributed by atoms with Gasteiger partial charge in [-0.05, 0) is 28.7 Å². The highest BCUT2D eigenvalue weighted by atomic mass is 127. The highest BCUT2D eigenvalue weighted by Crippen LogP contribution is 2.23. The molecule has 6 heteroatoms. The van der Waals surface area contributed by atoms with Crippen molar-refractivity contribution in [3.63, 3.8) is 0 Å². The Labute approximate surface area is 85.1 Å². The van der Waals surface area contributed by atoms with Gasteiger partial charge in [0.25, 0.3) is 12.0 Å². The normalized spacial score (nSPS) is 10.8. The maximum absolute atomic E-state index is 12.2. The molecule has 12 heavy (non-hydrogen) atoms. The van der Waals surface area contributed by atoms with Crippen LogP contribution >= 0.6 is 34.2 Å². The lowest BCUT2D eigenvalue weighted by atomic mass is 10.3. The third-order valence-corrected chi connectivity index (χ3v) is 2.38. The zero-order valence-corrected chi connectivity index (χ0v) is 8.49.